The highest BCUT2D eigenvalue weighted by Gasteiger charge is 2.24. The zero-order valence-electron chi connectivity index (χ0n) is 17.4. The molecule has 0 aliphatic heterocycles. The first-order chi connectivity index (χ1) is 14.7. The number of pyridine rings is 1. The second-order valence-electron chi connectivity index (χ2n) is 7.16. The molecular weight excluding hydrogens is 418 g/mol. The highest BCUT2D eigenvalue weighted by Crippen LogP contribution is 2.24. The van der Waals surface area contributed by atoms with Gasteiger partial charge in [-0.2, -0.15) is 13.3 Å². The van der Waals surface area contributed by atoms with Crippen molar-refractivity contribution < 1.29 is 23.2 Å². The number of aliphatic hydroxyl groups excluding tert-OH is 1. The van der Waals surface area contributed by atoms with E-state index in [4.69, 9.17) is 12.2 Å². The van der Waals surface area contributed by atoms with Crippen LogP contribution in [0.2, 0.25) is 0 Å². The molecule has 160 valence electrons. The van der Waals surface area contributed by atoms with Crippen molar-refractivity contribution in [2.45, 2.75) is 27.4 Å². The van der Waals surface area contributed by atoms with Crippen LogP contribution in [0.25, 0.3) is 11.5 Å². The van der Waals surface area contributed by atoms with Crippen molar-refractivity contribution in [2.75, 3.05) is 5.32 Å². The van der Waals surface area contributed by atoms with E-state index in [1.165, 1.54) is 24.3 Å². The van der Waals surface area contributed by atoms with Crippen molar-refractivity contribution >= 4 is 34.3 Å². The van der Waals surface area contributed by atoms with Crippen LogP contribution >= 0.6 is 12.2 Å². The van der Waals surface area contributed by atoms with Gasteiger partial charge in [0, 0.05) is 22.9 Å². The lowest BCUT2D eigenvalue weighted by molar-refractivity contribution is -0.576. The number of rotatable bonds is 6. The van der Waals surface area contributed by atoms with E-state index in [1.807, 2.05) is 57.3 Å². The summed E-state index contributed by atoms with van der Waals surface area (Å²) < 4.78 is 31.0. The van der Waals surface area contributed by atoms with E-state index in [0.717, 1.165) is 22.4 Å². The topological polar surface area (TPSA) is 45.4 Å². The summed E-state index contributed by atoms with van der Waals surface area (Å²) >= 11 is 5.67. The van der Waals surface area contributed by atoms with Gasteiger partial charge in [0.1, 0.15) is 5.75 Å². The van der Waals surface area contributed by atoms with Gasteiger partial charge >= 0.3 is 6.61 Å². The fourth-order valence-corrected chi connectivity index (χ4v) is 3.37. The second kappa shape index (κ2) is 9.66. The van der Waals surface area contributed by atoms with Crippen molar-refractivity contribution in [2.24, 2.45) is 0 Å². The van der Waals surface area contributed by atoms with E-state index in [9.17, 15) is 13.9 Å². The van der Waals surface area contributed by atoms with Gasteiger partial charge in [-0.25, -0.2) is 0 Å². The van der Waals surface area contributed by atoms with Crippen LogP contribution in [0.15, 0.2) is 67.0 Å². The molecule has 2 aromatic carbocycles. The molecule has 0 radical (unpaired) electrons. The summed E-state index contributed by atoms with van der Waals surface area (Å²) in [6, 6.07) is 15.5. The minimum absolute atomic E-state index is 0.00685. The smallest absolute Gasteiger partial charge is 0.387 e. The van der Waals surface area contributed by atoms with E-state index >= 15 is 0 Å². The minimum atomic E-state index is -2.91. The Morgan fingerprint density at radius 2 is 1.74 bits per heavy atom. The lowest BCUT2D eigenvalue weighted by Gasteiger charge is -2.13. The molecule has 1 heterocycles. The van der Waals surface area contributed by atoms with Gasteiger partial charge in [-0.15, -0.1) is 0 Å². The van der Waals surface area contributed by atoms with Crippen LogP contribution in [0.4, 0.5) is 14.5 Å². The van der Waals surface area contributed by atoms with E-state index in [-0.39, 0.29) is 11.5 Å². The van der Waals surface area contributed by atoms with Gasteiger partial charge in [-0.05, 0) is 68.3 Å². The Morgan fingerprint density at radius 3 is 2.39 bits per heavy atom. The molecule has 7 heteroatoms. The molecule has 0 saturated heterocycles. The fraction of sp³-hybridized carbons (Fsp3) is 0.167. The number of benzene rings is 2. The molecule has 3 rings (SSSR count). The van der Waals surface area contributed by atoms with E-state index in [0.29, 0.717) is 16.2 Å². The highest BCUT2D eigenvalue weighted by molar-refractivity contribution is 7.81. The quantitative estimate of drug-likeness (QED) is 0.219. The van der Waals surface area contributed by atoms with Gasteiger partial charge in [0.05, 0.1) is 0 Å². The molecule has 0 unspecified atom stereocenters. The van der Waals surface area contributed by atoms with Crippen LogP contribution in [0.3, 0.4) is 0 Å². The Morgan fingerprint density at radius 1 is 1.03 bits per heavy atom. The van der Waals surface area contributed by atoms with E-state index in [2.05, 4.69) is 10.1 Å². The zero-order chi connectivity index (χ0) is 22.5. The molecule has 0 atom stereocenters. The number of nitrogens with zero attached hydrogens (tertiary/aromatic N) is 1. The standard InChI is InChI=1S/C24H22F2N2O2S/c1-15-6-7-17(3)20(13-15)27-23(31)21(28-12-4-5-16(2)14-28)22(29)18-8-10-19(11-9-18)30-24(25)26/h4-14,24H,1-3H3,(H-,27,29,31)/p+1. The Labute approximate surface area is 185 Å². The molecule has 0 fully saturated rings. The van der Waals surface area contributed by atoms with Crippen molar-refractivity contribution in [3.8, 4) is 5.75 Å². The second-order valence-corrected chi connectivity index (χ2v) is 7.57. The van der Waals surface area contributed by atoms with Crippen LogP contribution in [-0.4, -0.2) is 16.7 Å². The minimum Gasteiger partial charge on any atom is -0.502 e. The molecule has 0 amide bonds. The summed E-state index contributed by atoms with van der Waals surface area (Å²) in [6.45, 7) is 2.97. The maximum absolute atomic E-state index is 12.4. The molecule has 2 N–H and O–H groups in total. The maximum atomic E-state index is 12.4. The lowest BCUT2D eigenvalue weighted by atomic mass is 10.1. The summed E-state index contributed by atoms with van der Waals surface area (Å²) in [6.07, 6.45) is 3.63. The first kappa shape index (κ1) is 22.4. The van der Waals surface area contributed by atoms with E-state index in [1.54, 1.807) is 10.8 Å². The molecule has 0 bridgehead atoms. The van der Waals surface area contributed by atoms with Crippen molar-refractivity contribution in [3.63, 3.8) is 0 Å². The average molecular weight is 442 g/mol. The lowest BCUT2D eigenvalue weighted by Crippen LogP contribution is -2.38. The molecular formula is C24H23F2N2O2S+. The zero-order valence-corrected chi connectivity index (χ0v) is 18.2. The molecule has 0 saturated carbocycles. The number of nitrogens with one attached hydrogen (secondary N) is 1. The Kier molecular flexibility index (Phi) is 6.97. The highest BCUT2D eigenvalue weighted by atomic mass is 32.1. The van der Waals surface area contributed by atoms with Crippen molar-refractivity contribution in [1.29, 1.82) is 0 Å². The Balaban J connectivity index is 2.05. The normalized spacial score (nSPS) is 11.8. The molecule has 0 spiro atoms. The summed E-state index contributed by atoms with van der Waals surface area (Å²) in [5.74, 6) is -0.0885. The number of anilines is 1. The van der Waals surface area contributed by atoms with Gasteiger partial charge in [0.2, 0.25) is 0 Å². The third-order valence-electron chi connectivity index (χ3n) is 4.64. The van der Waals surface area contributed by atoms with E-state index < -0.39 is 6.61 Å². The first-order valence-electron chi connectivity index (χ1n) is 9.60. The third kappa shape index (κ3) is 5.64. The summed E-state index contributed by atoms with van der Waals surface area (Å²) in [5, 5.41) is 14.3. The average Bonchev–Trinajstić information content (AvgIpc) is 2.71. The van der Waals surface area contributed by atoms with Crippen LogP contribution in [0.1, 0.15) is 22.3 Å². The molecule has 0 aliphatic rings. The van der Waals surface area contributed by atoms with Crippen molar-refractivity contribution in [1.82, 2.24) is 0 Å². The number of ether oxygens (including phenoxy) is 1. The van der Waals surface area contributed by atoms with Crippen LogP contribution in [0, 0.1) is 20.8 Å². The third-order valence-corrected chi connectivity index (χ3v) is 4.94. The van der Waals surface area contributed by atoms with Gasteiger partial charge in [0.25, 0.3) is 5.70 Å². The van der Waals surface area contributed by atoms with Crippen LogP contribution < -0.4 is 14.6 Å². The van der Waals surface area contributed by atoms with Crippen LogP contribution in [0.5, 0.6) is 5.75 Å². The number of alkyl halides is 2. The summed E-state index contributed by atoms with van der Waals surface area (Å²) in [5.41, 5.74) is 4.67. The number of aromatic nitrogens is 1. The van der Waals surface area contributed by atoms with Gasteiger partial charge in [-0.3, -0.25) is 0 Å². The number of hydrogen-bond acceptors (Lipinski definition) is 3. The molecule has 31 heavy (non-hydrogen) atoms. The van der Waals surface area contributed by atoms with Gasteiger partial charge in [0.15, 0.2) is 23.1 Å². The Hall–Kier alpha value is -3.32. The number of hydrogen-bond donors (Lipinski definition) is 2. The monoisotopic (exact) mass is 441 g/mol. The fourth-order valence-electron chi connectivity index (χ4n) is 3.06. The molecule has 0 aliphatic carbocycles. The Bertz CT molecular complexity index is 1130. The first-order valence-corrected chi connectivity index (χ1v) is 10.0. The predicted octanol–water partition coefficient (Wildman–Crippen LogP) is 5.82. The molecule has 1 aromatic heterocycles. The van der Waals surface area contributed by atoms with Crippen LogP contribution in [-0.2, 0) is 0 Å². The number of aliphatic hydroxyl groups is 1. The molecule has 4 nitrogen and oxygen atoms in total. The molecule has 3 aromatic rings. The predicted molar refractivity (Wildman–Crippen MR) is 122 cm³/mol. The summed E-state index contributed by atoms with van der Waals surface area (Å²) in [4.78, 5) is 0.315. The number of halogens is 2. The summed E-state index contributed by atoms with van der Waals surface area (Å²) in [7, 11) is 0. The van der Waals surface area contributed by atoms with Crippen molar-refractivity contribution in [3.05, 3.63) is 89.2 Å². The maximum Gasteiger partial charge on any atom is 0.387 e. The van der Waals surface area contributed by atoms with Gasteiger partial charge in [-0.1, -0.05) is 24.4 Å². The largest absolute Gasteiger partial charge is 0.502 e. The SMILES string of the molecule is Cc1ccc(C)c(NC(=S)/C(=C(\O)c2ccc(OC(F)F)cc2)[n+]2cccc(C)c2)c1. The number of thiocarbonyl (C=S) groups is 1. The number of aryl methyl sites for hydroxylation is 3. The van der Waals surface area contributed by atoms with Gasteiger partial charge < -0.3 is 15.2 Å².